The van der Waals surface area contributed by atoms with Crippen LogP contribution in [0.3, 0.4) is 0 Å². The number of benzene rings is 1. The highest BCUT2D eigenvalue weighted by Gasteiger charge is 2.00. The molecule has 10 heavy (non-hydrogen) atoms. The van der Waals surface area contributed by atoms with Crippen molar-refractivity contribution in [3.8, 4) is 0 Å². The first-order valence-corrected chi connectivity index (χ1v) is 4.89. The lowest BCUT2D eigenvalue weighted by Crippen LogP contribution is -1.87. The van der Waals surface area contributed by atoms with Gasteiger partial charge in [-0.3, -0.25) is 0 Å². The average molecular weight is 336 g/mol. The van der Waals surface area contributed by atoms with Crippen LogP contribution in [0, 0.1) is 0 Å². The molecule has 0 bridgehead atoms. The number of anilines is 1. The van der Waals surface area contributed by atoms with Crippen molar-refractivity contribution in [3.05, 3.63) is 25.6 Å². The highest BCUT2D eigenvalue weighted by molar-refractivity contribution is 9.11. The first-order valence-electron chi connectivity index (χ1n) is 2.51. The maximum atomic E-state index is 5.64. The molecule has 0 heterocycles. The van der Waals surface area contributed by atoms with Crippen molar-refractivity contribution in [2.75, 3.05) is 5.73 Å². The molecule has 0 unspecified atom stereocenters. The van der Waals surface area contributed by atoms with Crippen molar-refractivity contribution in [1.29, 1.82) is 0 Å². The number of halogens is 3. The number of nitrogens with two attached hydrogens (primary N) is 1. The molecule has 0 radical (unpaired) electrons. The quantitative estimate of drug-likeness (QED) is 0.721. The highest BCUT2D eigenvalue weighted by Crippen LogP contribution is 2.31. The monoisotopic (exact) mass is 333 g/mol. The van der Waals surface area contributed by atoms with Gasteiger partial charge in [-0.15, -0.1) is 0 Å². The lowest BCUT2D eigenvalue weighted by molar-refractivity contribution is 1.55. The van der Waals surface area contributed by atoms with Gasteiger partial charge in [-0.2, -0.15) is 0 Å². The summed E-state index contributed by atoms with van der Waals surface area (Å²) in [6.07, 6.45) is 0. The van der Waals surface area contributed by atoms with E-state index in [0.717, 1.165) is 19.1 Å². The molecule has 0 spiro atoms. The fourth-order valence-electron chi connectivity index (χ4n) is 0.553. The second-order valence-corrected chi connectivity index (χ2v) is 4.41. The lowest BCUT2D eigenvalue weighted by atomic mass is 11.3. The molecule has 1 rings (SSSR count). The number of nitrogen functional groups attached to an aromatic ring is 1. The molecule has 0 amide bonds. The van der Waals surface area contributed by atoms with E-state index in [4.69, 9.17) is 5.73 Å². The fraction of sp³-hybridized carbons (Fsp3) is 0. The number of rotatable bonds is 0. The van der Waals surface area contributed by atoms with Crippen molar-refractivity contribution in [2.24, 2.45) is 0 Å². The van der Waals surface area contributed by atoms with E-state index in [9.17, 15) is 0 Å². The Morgan fingerprint density at radius 3 is 1.80 bits per heavy atom. The Morgan fingerprint density at radius 2 is 1.40 bits per heavy atom. The van der Waals surface area contributed by atoms with Gasteiger partial charge in [0.1, 0.15) is 0 Å². The zero-order chi connectivity index (χ0) is 7.72. The van der Waals surface area contributed by atoms with Crippen LogP contribution in [0.15, 0.2) is 25.6 Å². The summed E-state index contributed by atoms with van der Waals surface area (Å²) in [6.45, 7) is 0. The van der Waals surface area contributed by atoms with E-state index in [2.05, 4.69) is 47.8 Å². The molecule has 4 heteroatoms. The van der Waals surface area contributed by atoms with Crippen LogP contribution in [0.1, 0.15) is 0 Å². The third kappa shape index (κ3) is 1.74. The van der Waals surface area contributed by atoms with E-state index in [1.807, 2.05) is 12.1 Å². The van der Waals surface area contributed by atoms with Gasteiger partial charge in [0.2, 0.25) is 0 Å². The van der Waals surface area contributed by atoms with Gasteiger partial charge in [-0.05, 0) is 44.0 Å². The number of hydrogen-bond donors (Lipinski definition) is 1. The van der Waals surface area contributed by atoms with Crippen LogP contribution >= 0.6 is 47.8 Å². The summed E-state index contributed by atoms with van der Waals surface area (Å²) in [5, 5.41) is 0. The Kier molecular flexibility index (Phi) is 2.77. The molecule has 0 aromatic heterocycles. The molecule has 1 aromatic carbocycles. The van der Waals surface area contributed by atoms with Crippen molar-refractivity contribution in [3.63, 3.8) is 0 Å². The summed E-state index contributed by atoms with van der Waals surface area (Å²) in [5.41, 5.74) is 6.36. The van der Waals surface area contributed by atoms with E-state index in [1.54, 1.807) is 0 Å². The standard InChI is InChI=1S/C6H4Br3N/c7-3-1-4(8)6(10)5(9)2-3/h1-2H,10H2/i1+1,2+1,3+1,4+1,5+1,6+1. The summed E-state index contributed by atoms with van der Waals surface area (Å²) >= 11 is 9.96. The van der Waals surface area contributed by atoms with Crippen molar-refractivity contribution in [2.45, 2.75) is 0 Å². The SMILES string of the molecule is N[13c]1[13c](Br)[13cH][13c](Br)[13cH][13c]1Br. The zero-order valence-electron chi connectivity index (χ0n) is 4.87. The molecule has 0 saturated carbocycles. The van der Waals surface area contributed by atoms with Gasteiger partial charge in [0, 0.05) is 13.4 Å². The van der Waals surface area contributed by atoms with Gasteiger partial charge in [0.15, 0.2) is 0 Å². The molecule has 0 aliphatic carbocycles. The molecule has 54 valence electrons. The van der Waals surface area contributed by atoms with Crippen LogP contribution in [-0.2, 0) is 0 Å². The van der Waals surface area contributed by atoms with Gasteiger partial charge in [-0.25, -0.2) is 0 Å². The smallest absolute Gasteiger partial charge is 0.0603 e. The average Bonchev–Trinajstić information content (AvgIpc) is 1.82. The van der Waals surface area contributed by atoms with Gasteiger partial charge in [-0.1, -0.05) is 15.9 Å². The molecule has 2 N–H and O–H groups in total. The number of hydrogen-bond acceptors (Lipinski definition) is 1. The molecule has 0 atom stereocenters. The van der Waals surface area contributed by atoms with E-state index in [0.29, 0.717) is 0 Å². The third-order valence-electron chi connectivity index (χ3n) is 1.04. The predicted molar refractivity (Wildman–Crippen MR) is 54.0 cm³/mol. The zero-order valence-corrected chi connectivity index (χ0v) is 9.62. The summed E-state index contributed by atoms with van der Waals surface area (Å²) in [5.74, 6) is 0. The maximum Gasteiger partial charge on any atom is 0.0603 e. The summed E-state index contributed by atoms with van der Waals surface area (Å²) in [6, 6.07) is 3.81. The highest BCUT2D eigenvalue weighted by atomic mass is 79.9. The minimum Gasteiger partial charge on any atom is -0.397 e. The van der Waals surface area contributed by atoms with Crippen LogP contribution in [0.25, 0.3) is 0 Å². The fourth-order valence-corrected chi connectivity index (χ4v) is 2.81. The second-order valence-electron chi connectivity index (χ2n) is 1.78. The molecular formula is C6H4Br3N. The Morgan fingerprint density at radius 1 is 1.00 bits per heavy atom. The van der Waals surface area contributed by atoms with Gasteiger partial charge in [0.05, 0.1) is 5.69 Å². The molecule has 0 aliphatic heterocycles. The molecule has 1 aromatic rings. The molecule has 0 aliphatic rings. The van der Waals surface area contributed by atoms with E-state index in [-0.39, 0.29) is 0 Å². The van der Waals surface area contributed by atoms with Crippen LogP contribution in [0.2, 0.25) is 0 Å². The second kappa shape index (κ2) is 3.24. The lowest BCUT2D eigenvalue weighted by Gasteiger charge is -2.00. The Labute approximate surface area is 84.4 Å². The van der Waals surface area contributed by atoms with Crippen molar-refractivity contribution >= 4 is 53.5 Å². The molecule has 0 fully saturated rings. The summed E-state index contributed by atoms with van der Waals surface area (Å²) in [7, 11) is 0. The van der Waals surface area contributed by atoms with E-state index >= 15 is 0 Å². The normalized spacial score (nSPS) is 9.90. The van der Waals surface area contributed by atoms with Crippen LogP contribution in [0.5, 0.6) is 0 Å². The maximum absolute atomic E-state index is 5.64. The largest absolute Gasteiger partial charge is 0.397 e. The van der Waals surface area contributed by atoms with E-state index in [1.165, 1.54) is 0 Å². The topological polar surface area (TPSA) is 26.0 Å². The van der Waals surface area contributed by atoms with Crippen molar-refractivity contribution in [1.82, 2.24) is 0 Å². The summed E-state index contributed by atoms with van der Waals surface area (Å²) in [4.78, 5) is 0. The van der Waals surface area contributed by atoms with Gasteiger partial charge >= 0.3 is 0 Å². The molecule has 0 saturated heterocycles. The Bertz CT molecular complexity index is 236. The van der Waals surface area contributed by atoms with Gasteiger partial charge in [0.25, 0.3) is 0 Å². The predicted octanol–water partition coefficient (Wildman–Crippen LogP) is 3.56. The van der Waals surface area contributed by atoms with Gasteiger partial charge < -0.3 is 5.73 Å². The van der Waals surface area contributed by atoms with Crippen LogP contribution in [-0.4, -0.2) is 0 Å². The van der Waals surface area contributed by atoms with E-state index < -0.39 is 0 Å². The molecular weight excluding hydrogens is 332 g/mol. The van der Waals surface area contributed by atoms with Crippen LogP contribution < -0.4 is 5.73 Å². The molecule has 1 nitrogen and oxygen atoms in total. The first kappa shape index (κ1) is 8.56. The minimum atomic E-state index is 0.725. The Balaban J connectivity index is 3.31. The van der Waals surface area contributed by atoms with Crippen molar-refractivity contribution < 1.29 is 0 Å². The third-order valence-corrected chi connectivity index (χ3v) is 2.81. The Hall–Kier alpha value is 0.460. The first-order chi connectivity index (χ1) is 4.61. The summed E-state index contributed by atoms with van der Waals surface area (Å²) < 4.78 is 2.79. The minimum absolute atomic E-state index is 0.725. The van der Waals surface area contributed by atoms with Crippen LogP contribution in [0.4, 0.5) is 5.69 Å².